The number of ether oxygens (including phenoxy) is 2. The first-order valence-electron chi connectivity index (χ1n) is 19.5. The van der Waals surface area contributed by atoms with Crippen molar-refractivity contribution in [2.45, 2.75) is 127 Å². The molecule has 0 unspecified atom stereocenters. The quantitative estimate of drug-likeness (QED) is 0.324. The molecule has 51 heavy (non-hydrogen) atoms. The van der Waals surface area contributed by atoms with Gasteiger partial charge in [0.05, 0.1) is 36.2 Å². The van der Waals surface area contributed by atoms with Crippen molar-refractivity contribution in [3.8, 4) is 0 Å². The van der Waals surface area contributed by atoms with Gasteiger partial charge in [-0.1, -0.05) is 37.1 Å². The van der Waals surface area contributed by atoms with Crippen LogP contribution in [0, 0.1) is 23.1 Å². The van der Waals surface area contributed by atoms with Gasteiger partial charge in [-0.25, -0.2) is 17.6 Å². The van der Waals surface area contributed by atoms with Crippen molar-refractivity contribution in [1.29, 1.82) is 0 Å². The first-order valence-corrected chi connectivity index (χ1v) is 19.1. The maximum absolute atomic E-state index is 14.5. The number of halogens is 1. The van der Waals surface area contributed by atoms with E-state index >= 15 is 0 Å². The summed E-state index contributed by atoms with van der Waals surface area (Å²) in [6, 6.07) is 3.27. The molecule has 5 atom stereocenters. The molecular weight excluding hydrogens is 681 g/mol. The van der Waals surface area contributed by atoms with Crippen LogP contribution in [0.5, 0.6) is 0 Å². The Hall–Kier alpha value is -3.81. The number of allylic oxidation sites excluding steroid dienone is 2. The SMILES string of the molecule is [2H]C1([2H])/C=C\[C@@H]2C[C@@]2(C(=O)NS(=O)(=O)C2CC2)CC(=O)[C@@H]2C[C@@H](OC(=O)N3Cc4cccc(F)c4C3)CN2C(=O)[C@@H](CC(=O)OC(C)(C)C)CCCC1([2H])[2H]. The Morgan fingerprint density at radius 2 is 1.88 bits per heavy atom. The standard InChI is InChI=1S/C37H48FN3O9S/c1-36(2,3)50-32(43)16-23-10-7-5-4-6-8-12-25-18-37(25,34(45)39-51(47,48)27-14-15-27)19-31(42)30-17-26(21-41(30)33(23)44)49-35(46)40-20-24-11-9-13-29(38)28(24)22-40/h8-9,11-13,23,25-27,30H,4-7,10,14-22H2,1-3H3,(H,39,45)/b12-8-/t23-,25-,26-,30+,37-/m1/s1/i4D2,6D2. The van der Waals surface area contributed by atoms with Gasteiger partial charge in [-0.2, -0.15) is 0 Å². The molecular formula is C37H48FN3O9S. The summed E-state index contributed by atoms with van der Waals surface area (Å²) in [6.45, 7) is 4.75. The Labute approximate surface area is 304 Å². The van der Waals surface area contributed by atoms with Crippen molar-refractivity contribution in [3.63, 3.8) is 0 Å². The minimum absolute atomic E-state index is 0.0225. The van der Waals surface area contributed by atoms with E-state index in [1.54, 1.807) is 26.8 Å². The lowest BCUT2D eigenvalue weighted by atomic mass is 9.90. The number of ketones is 1. The number of nitrogens with one attached hydrogen (secondary N) is 1. The molecule has 12 nitrogen and oxygen atoms in total. The van der Waals surface area contributed by atoms with Crippen LogP contribution >= 0.6 is 0 Å². The summed E-state index contributed by atoms with van der Waals surface area (Å²) in [6.07, 6.45) is -5.37. The fourth-order valence-electron chi connectivity index (χ4n) is 7.27. The van der Waals surface area contributed by atoms with Gasteiger partial charge in [0.1, 0.15) is 17.5 Å². The maximum atomic E-state index is 14.5. The minimum Gasteiger partial charge on any atom is -0.460 e. The molecule has 1 N–H and O–H groups in total. The lowest BCUT2D eigenvalue weighted by molar-refractivity contribution is -0.159. The summed E-state index contributed by atoms with van der Waals surface area (Å²) in [5.41, 5.74) is -1.56. The predicted octanol–water partition coefficient (Wildman–Crippen LogP) is 4.69. The molecule has 0 radical (unpaired) electrons. The van der Waals surface area contributed by atoms with Crippen molar-refractivity contribution in [2.24, 2.45) is 17.3 Å². The van der Waals surface area contributed by atoms with Gasteiger partial charge in [0.15, 0.2) is 5.78 Å². The highest BCUT2D eigenvalue weighted by atomic mass is 32.2. The van der Waals surface area contributed by atoms with Crippen molar-refractivity contribution >= 4 is 39.7 Å². The van der Waals surface area contributed by atoms with Gasteiger partial charge < -0.3 is 14.4 Å². The van der Waals surface area contributed by atoms with Gasteiger partial charge >= 0.3 is 12.1 Å². The fraction of sp³-hybridized carbons (Fsp3) is 0.649. The number of carbonyl (C=O) groups is 5. The number of benzene rings is 1. The first-order chi connectivity index (χ1) is 25.5. The van der Waals surface area contributed by atoms with Crippen molar-refractivity contribution < 1.29 is 51.7 Å². The van der Waals surface area contributed by atoms with E-state index in [4.69, 9.17) is 15.0 Å². The Morgan fingerprint density at radius 1 is 1.12 bits per heavy atom. The Bertz CT molecular complexity index is 1900. The summed E-state index contributed by atoms with van der Waals surface area (Å²) in [5.74, 6) is -5.38. The number of carbonyl (C=O) groups excluding carboxylic acids is 5. The van der Waals surface area contributed by atoms with Crippen LogP contribution < -0.4 is 4.72 Å². The summed E-state index contributed by atoms with van der Waals surface area (Å²) in [7, 11) is -4.05. The number of Topliss-reactive ketones (excluding diaryl/α,β-unsaturated/α-hetero) is 1. The van der Waals surface area contributed by atoms with Crippen LogP contribution in [-0.2, 0) is 51.8 Å². The third-order valence-electron chi connectivity index (χ3n) is 10.2. The molecule has 3 aliphatic heterocycles. The molecule has 3 fully saturated rings. The largest absolute Gasteiger partial charge is 0.460 e. The smallest absolute Gasteiger partial charge is 0.410 e. The Balaban J connectivity index is 1.31. The normalized spacial score (nSPS) is 32.3. The second-order valence-electron chi connectivity index (χ2n) is 15.3. The monoisotopic (exact) mass is 733 g/mol. The van der Waals surface area contributed by atoms with Crippen LogP contribution in [-0.4, -0.2) is 77.4 Å². The van der Waals surface area contributed by atoms with E-state index in [-0.39, 0.29) is 51.7 Å². The molecule has 3 heterocycles. The Morgan fingerprint density at radius 3 is 2.59 bits per heavy atom. The number of fused-ring (bicyclic) bond motifs is 3. The molecule has 5 aliphatic rings. The second-order valence-corrected chi connectivity index (χ2v) is 17.3. The topological polar surface area (TPSA) is 156 Å². The summed E-state index contributed by atoms with van der Waals surface area (Å²) < 4.78 is 87.9. The first kappa shape index (κ1) is 31.9. The molecule has 2 saturated carbocycles. The molecule has 1 saturated heterocycles. The lowest BCUT2D eigenvalue weighted by Crippen LogP contribution is -2.46. The summed E-state index contributed by atoms with van der Waals surface area (Å²) >= 11 is 0. The van der Waals surface area contributed by atoms with Gasteiger partial charge in [-0.3, -0.25) is 28.8 Å². The van der Waals surface area contributed by atoms with Gasteiger partial charge in [0.25, 0.3) is 0 Å². The average molecular weight is 734 g/mol. The highest BCUT2D eigenvalue weighted by molar-refractivity contribution is 7.90. The van der Waals surface area contributed by atoms with E-state index in [0.29, 0.717) is 24.0 Å². The number of rotatable bonds is 6. The Kier molecular flexibility index (Phi) is 8.95. The molecule has 0 aromatic heterocycles. The van der Waals surface area contributed by atoms with Gasteiger partial charge in [0, 0.05) is 36.4 Å². The van der Waals surface area contributed by atoms with E-state index in [1.165, 1.54) is 28.0 Å². The molecule has 2 aliphatic carbocycles. The number of esters is 1. The van der Waals surface area contributed by atoms with Crippen molar-refractivity contribution in [1.82, 2.24) is 14.5 Å². The van der Waals surface area contributed by atoms with E-state index in [1.807, 2.05) is 0 Å². The zero-order valence-corrected chi connectivity index (χ0v) is 29.9. The van der Waals surface area contributed by atoms with E-state index < -0.39 is 111 Å². The van der Waals surface area contributed by atoms with Gasteiger partial charge in [-0.15, -0.1) is 0 Å². The molecule has 0 bridgehead atoms. The second kappa shape index (κ2) is 14.3. The number of hydrogen-bond acceptors (Lipinski definition) is 9. The van der Waals surface area contributed by atoms with Crippen LogP contribution in [0.4, 0.5) is 9.18 Å². The molecule has 6 rings (SSSR count). The highest BCUT2D eigenvalue weighted by Gasteiger charge is 2.61. The molecule has 14 heteroatoms. The van der Waals surface area contributed by atoms with E-state index in [2.05, 4.69) is 4.72 Å². The lowest BCUT2D eigenvalue weighted by Gasteiger charge is -2.29. The molecule has 3 amide bonds. The van der Waals surface area contributed by atoms with Crippen LogP contribution in [0.15, 0.2) is 30.4 Å². The minimum atomic E-state index is -4.05. The highest BCUT2D eigenvalue weighted by Crippen LogP contribution is 2.57. The summed E-state index contributed by atoms with van der Waals surface area (Å²) in [4.78, 5) is 71.6. The summed E-state index contributed by atoms with van der Waals surface area (Å²) in [5, 5.41) is -0.750. The number of nitrogens with zero attached hydrogens (tertiary/aromatic N) is 2. The number of sulfonamides is 1. The molecule has 1 aromatic rings. The third kappa shape index (κ3) is 8.47. The van der Waals surface area contributed by atoms with Gasteiger partial charge in [0.2, 0.25) is 21.8 Å². The van der Waals surface area contributed by atoms with Crippen LogP contribution in [0.25, 0.3) is 0 Å². The van der Waals surface area contributed by atoms with E-state index in [0.717, 1.165) is 6.08 Å². The molecule has 278 valence electrons. The zero-order chi connectivity index (χ0) is 40.3. The number of amides is 3. The average Bonchev–Trinajstić information content (AvgIpc) is 3.96. The third-order valence-corrected chi connectivity index (χ3v) is 12.0. The van der Waals surface area contributed by atoms with Crippen molar-refractivity contribution in [2.75, 3.05) is 6.54 Å². The predicted molar refractivity (Wildman–Crippen MR) is 182 cm³/mol. The van der Waals surface area contributed by atoms with Crippen LogP contribution in [0.2, 0.25) is 0 Å². The van der Waals surface area contributed by atoms with Crippen LogP contribution in [0.3, 0.4) is 0 Å². The van der Waals surface area contributed by atoms with E-state index in [9.17, 15) is 36.8 Å². The van der Waals surface area contributed by atoms with Gasteiger partial charge in [-0.05, 0) is 76.7 Å². The fourth-order valence-corrected chi connectivity index (χ4v) is 8.66. The van der Waals surface area contributed by atoms with Crippen LogP contribution in [0.1, 0.15) is 108 Å². The molecule has 1 aromatic carbocycles. The van der Waals surface area contributed by atoms with Crippen molar-refractivity contribution in [3.05, 3.63) is 47.3 Å². The molecule has 0 spiro atoms. The zero-order valence-electron chi connectivity index (χ0n) is 33.1. The number of hydrogen-bond donors (Lipinski definition) is 1. The maximum Gasteiger partial charge on any atom is 0.410 e.